The lowest BCUT2D eigenvalue weighted by Crippen LogP contribution is -2.29. The number of hydrogen-bond acceptors (Lipinski definition) is 2. The number of rotatable bonds is 3. The van der Waals surface area contributed by atoms with Gasteiger partial charge in [-0.05, 0) is 41.1 Å². The van der Waals surface area contributed by atoms with Gasteiger partial charge in [0.2, 0.25) is 0 Å². The molecule has 70 valence electrons. The summed E-state index contributed by atoms with van der Waals surface area (Å²) < 4.78 is 1.20. The molecule has 0 radical (unpaired) electrons. The van der Waals surface area contributed by atoms with Crippen LogP contribution in [-0.4, -0.2) is 0 Å². The Balaban J connectivity index is 3.04. The molecule has 3 N–H and O–H groups in total. The normalized spacial score (nSPS) is 12.5. The van der Waals surface area contributed by atoms with Crippen LogP contribution in [0, 0.1) is 3.57 Å². The minimum atomic E-state index is 0.0492. The van der Waals surface area contributed by atoms with Crippen molar-refractivity contribution < 1.29 is 0 Å². The van der Waals surface area contributed by atoms with Crippen molar-refractivity contribution in [2.24, 2.45) is 5.84 Å². The maximum absolute atomic E-state index is 5.46. The third-order valence-electron chi connectivity index (χ3n) is 1.88. The fourth-order valence-electron chi connectivity index (χ4n) is 1.21. The van der Waals surface area contributed by atoms with Gasteiger partial charge in [-0.25, -0.2) is 5.43 Å². The largest absolute Gasteiger partial charge is 0.271 e. The van der Waals surface area contributed by atoms with E-state index in [4.69, 9.17) is 5.84 Å². The van der Waals surface area contributed by atoms with Crippen molar-refractivity contribution in [3.8, 4) is 0 Å². The minimum Gasteiger partial charge on any atom is -0.271 e. The van der Waals surface area contributed by atoms with Crippen LogP contribution in [0.3, 0.4) is 0 Å². The van der Waals surface area contributed by atoms with Crippen molar-refractivity contribution >= 4 is 22.6 Å². The van der Waals surface area contributed by atoms with E-state index in [1.165, 1.54) is 9.13 Å². The van der Waals surface area contributed by atoms with Crippen LogP contribution in [0.5, 0.6) is 0 Å². The fourth-order valence-corrected chi connectivity index (χ4v) is 1.91. The van der Waals surface area contributed by atoms with Gasteiger partial charge in [-0.1, -0.05) is 30.4 Å². The molecule has 0 spiro atoms. The zero-order valence-corrected chi connectivity index (χ0v) is 9.71. The molecule has 0 aliphatic rings. The molecule has 0 aliphatic carbocycles. The minimum absolute atomic E-state index is 0.0492. The van der Waals surface area contributed by atoms with E-state index in [2.05, 4.69) is 46.7 Å². The molecule has 0 saturated carbocycles. The van der Waals surface area contributed by atoms with E-state index in [-0.39, 0.29) is 6.04 Å². The fraction of sp³-hybridized carbons (Fsp3) is 0.200. The van der Waals surface area contributed by atoms with E-state index in [1.807, 2.05) is 19.1 Å². The summed E-state index contributed by atoms with van der Waals surface area (Å²) in [5.74, 6) is 5.46. The first-order valence-corrected chi connectivity index (χ1v) is 5.10. The highest BCUT2D eigenvalue weighted by Crippen LogP contribution is 2.23. The van der Waals surface area contributed by atoms with E-state index >= 15 is 0 Å². The van der Waals surface area contributed by atoms with E-state index in [0.717, 1.165) is 5.57 Å². The predicted molar refractivity (Wildman–Crippen MR) is 64.0 cm³/mol. The average molecular weight is 288 g/mol. The molecule has 0 aliphatic heterocycles. The Morgan fingerprint density at radius 2 is 2.15 bits per heavy atom. The van der Waals surface area contributed by atoms with Crippen LogP contribution in [-0.2, 0) is 0 Å². The van der Waals surface area contributed by atoms with Gasteiger partial charge in [0, 0.05) is 3.57 Å². The molecule has 1 atom stereocenters. The van der Waals surface area contributed by atoms with Gasteiger partial charge >= 0.3 is 0 Å². The highest BCUT2D eigenvalue weighted by molar-refractivity contribution is 14.1. The molecular weight excluding hydrogens is 275 g/mol. The molecule has 1 rings (SSSR count). The SMILES string of the molecule is C=C(C)C(NN)c1ccccc1I. The smallest absolute Gasteiger partial charge is 0.0675 e. The molecule has 0 aromatic heterocycles. The maximum Gasteiger partial charge on any atom is 0.0675 e. The molecule has 0 fully saturated rings. The number of hydrogen-bond donors (Lipinski definition) is 2. The van der Waals surface area contributed by atoms with Crippen LogP contribution >= 0.6 is 22.6 Å². The second-order valence-electron chi connectivity index (χ2n) is 2.97. The van der Waals surface area contributed by atoms with Crippen LogP contribution in [0.4, 0.5) is 0 Å². The topological polar surface area (TPSA) is 38.0 Å². The lowest BCUT2D eigenvalue weighted by molar-refractivity contribution is 0.625. The predicted octanol–water partition coefficient (Wildman–Crippen LogP) is 2.37. The Morgan fingerprint density at radius 1 is 1.54 bits per heavy atom. The number of nitrogens with one attached hydrogen (secondary N) is 1. The van der Waals surface area contributed by atoms with Crippen LogP contribution in [0.25, 0.3) is 0 Å². The van der Waals surface area contributed by atoms with Gasteiger partial charge in [0.1, 0.15) is 0 Å². The maximum atomic E-state index is 5.46. The van der Waals surface area contributed by atoms with Crippen molar-refractivity contribution in [3.63, 3.8) is 0 Å². The van der Waals surface area contributed by atoms with Crippen LogP contribution in [0.2, 0.25) is 0 Å². The molecule has 13 heavy (non-hydrogen) atoms. The standard InChI is InChI=1S/C10H13IN2/c1-7(2)10(13-12)8-5-3-4-6-9(8)11/h3-6,10,13H,1,12H2,2H3. The van der Waals surface area contributed by atoms with Crippen molar-refractivity contribution in [2.75, 3.05) is 0 Å². The molecule has 0 heterocycles. The van der Waals surface area contributed by atoms with E-state index in [9.17, 15) is 0 Å². The number of benzene rings is 1. The van der Waals surface area contributed by atoms with Gasteiger partial charge in [-0.2, -0.15) is 0 Å². The lowest BCUT2D eigenvalue weighted by Gasteiger charge is -2.17. The Bertz CT molecular complexity index is 310. The van der Waals surface area contributed by atoms with Gasteiger partial charge in [-0.3, -0.25) is 5.84 Å². The van der Waals surface area contributed by atoms with Crippen LogP contribution in [0.15, 0.2) is 36.4 Å². The molecular formula is C10H13IN2. The van der Waals surface area contributed by atoms with Crippen molar-refractivity contribution in [1.82, 2.24) is 5.43 Å². The summed E-state index contributed by atoms with van der Waals surface area (Å²) in [6.45, 7) is 5.86. The first-order valence-electron chi connectivity index (χ1n) is 4.02. The van der Waals surface area contributed by atoms with E-state index in [1.54, 1.807) is 0 Å². The van der Waals surface area contributed by atoms with Gasteiger partial charge in [0.25, 0.3) is 0 Å². The second kappa shape index (κ2) is 4.74. The van der Waals surface area contributed by atoms with Gasteiger partial charge < -0.3 is 0 Å². The molecule has 1 unspecified atom stereocenters. The van der Waals surface area contributed by atoms with Crippen LogP contribution in [0.1, 0.15) is 18.5 Å². The first kappa shape index (κ1) is 10.7. The summed E-state index contributed by atoms with van der Waals surface area (Å²) in [7, 11) is 0. The summed E-state index contributed by atoms with van der Waals surface area (Å²) in [6, 6.07) is 8.18. The average Bonchev–Trinajstić information content (AvgIpc) is 2.09. The van der Waals surface area contributed by atoms with Crippen molar-refractivity contribution in [3.05, 3.63) is 45.6 Å². The second-order valence-corrected chi connectivity index (χ2v) is 4.13. The molecule has 3 heteroatoms. The van der Waals surface area contributed by atoms with Crippen molar-refractivity contribution in [2.45, 2.75) is 13.0 Å². The molecule has 0 bridgehead atoms. The molecule has 1 aromatic carbocycles. The molecule has 0 amide bonds. The number of nitrogens with two attached hydrogens (primary N) is 1. The summed E-state index contributed by atoms with van der Waals surface area (Å²) in [6.07, 6.45) is 0. The summed E-state index contributed by atoms with van der Waals surface area (Å²) in [5, 5.41) is 0. The molecule has 2 nitrogen and oxygen atoms in total. The van der Waals surface area contributed by atoms with Crippen molar-refractivity contribution in [1.29, 1.82) is 0 Å². The Kier molecular flexibility index (Phi) is 3.90. The summed E-state index contributed by atoms with van der Waals surface area (Å²) in [4.78, 5) is 0. The van der Waals surface area contributed by atoms with Gasteiger partial charge in [0.05, 0.1) is 6.04 Å². The molecule has 0 saturated heterocycles. The number of halogens is 1. The first-order chi connectivity index (χ1) is 6.16. The van der Waals surface area contributed by atoms with Gasteiger partial charge in [-0.15, -0.1) is 0 Å². The van der Waals surface area contributed by atoms with E-state index < -0.39 is 0 Å². The Hall–Kier alpha value is -0.390. The van der Waals surface area contributed by atoms with E-state index in [0.29, 0.717) is 0 Å². The summed E-state index contributed by atoms with van der Waals surface area (Å²) >= 11 is 2.30. The van der Waals surface area contributed by atoms with Crippen LogP contribution < -0.4 is 11.3 Å². The highest BCUT2D eigenvalue weighted by atomic mass is 127. The monoisotopic (exact) mass is 288 g/mol. The Morgan fingerprint density at radius 3 is 2.62 bits per heavy atom. The molecule has 1 aromatic rings. The third-order valence-corrected chi connectivity index (χ3v) is 2.86. The zero-order valence-electron chi connectivity index (χ0n) is 7.55. The number of hydrazine groups is 1. The highest BCUT2D eigenvalue weighted by Gasteiger charge is 2.12. The zero-order chi connectivity index (χ0) is 9.84. The summed E-state index contributed by atoms with van der Waals surface area (Å²) in [5.41, 5.74) is 4.95. The third kappa shape index (κ3) is 2.52. The quantitative estimate of drug-likeness (QED) is 0.388. The Labute approximate surface area is 92.3 Å². The lowest BCUT2D eigenvalue weighted by atomic mass is 10.0. The van der Waals surface area contributed by atoms with Gasteiger partial charge in [0.15, 0.2) is 0 Å².